The summed E-state index contributed by atoms with van der Waals surface area (Å²) in [6, 6.07) is 5.79. The van der Waals surface area contributed by atoms with Crippen LogP contribution in [0.25, 0.3) is 11.3 Å². The van der Waals surface area contributed by atoms with Crippen LogP contribution in [0, 0.1) is 13.8 Å². The van der Waals surface area contributed by atoms with Gasteiger partial charge in [0.15, 0.2) is 0 Å². The molecule has 0 fully saturated rings. The molecule has 0 atom stereocenters. The molecule has 0 spiro atoms. The van der Waals surface area contributed by atoms with Crippen molar-refractivity contribution in [1.82, 2.24) is 18.7 Å². The van der Waals surface area contributed by atoms with Crippen molar-refractivity contribution in [3.63, 3.8) is 0 Å². The lowest BCUT2D eigenvalue weighted by Gasteiger charge is -2.08. The van der Waals surface area contributed by atoms with E-state index in [1.807, 2.05) is 32.0 Å². The fraction of sp³-hybridized carbons (Fsp3) is 0.235. The van der Waals surface area contributed by atoms with Crippen molar-refractivity contribution >= 4 is 5.65 Å². The first-order valence-electron chi connectivity index (χ1n) is 7.42. The molecule has 3 aromatic rings. The molecule has 0 radical (unpaired) electrons. The molecule has 0 N–H and O–H groups in total. The summed E-state index contributed by atoms with van der Waals surface area (Å²) in [4.78, 5) is 24.9. The Morgan fingerprint density at radius 2 is 1.96 bits per heavy atom. The van der Waals surface area contributed by atoms with Gasteiger partial charge in [0.2, 0.25) is 5.65 Å². The maximum Gasteiger partial charge on any atom is 0.350 e. The van der Waals surface area contributed by atoms with E-state index in [9.17, 15) is 9.59 Å². The Balaban J connectivity index is 2.19. The number of aromatic nitrogens is 4. The molecular weight excluding hydrogens is 292 g/mol. The minimum Gasteiger partial charge on any atom is -0.280 e. The van der Waals surface area contributed by atoms with Crippen LogP contribution in [0.3, 0.4) is 0 Å². The number of nitrogens with zero attached hydrogens (tertiary/aromatic N) is 4. The van der Waals surface area contributed by atoms with Gasteiger partial charge in [0, 0.05) is 24.6 Å². The lowest BCUT2D eigenvalue weighted by molar-refractivity contribution is 0.601. The molecule has 0 saturated carbocycles. The second-order valence-electron chi connectivity index (χ2n) is 5.52. The quantitative estimate of drug-likeness (QED) is 0.691. The van der Waals surface area contributed by atoms with Gasteiger partial charge in [-0.1, -0.05) is 12.1 Å². The van der Waals surface area contributed by atoms with E-state index in [2.05, 4.69) is 11.7 Å². The van der Waals surface area contributed by atoms with Crippen LogP contribution in [0.5, 0.6) is 0 Å². The van der Waals surface area contributed by atoms with Gasteiger partial charge in [0.05, 0.1) is 0 Å². The highest BCUT2D eigenvalue weighted by Crippen LogP contribution is 2.12. The molecule has 2 heterocycles. The fourth-order valence-corrected chi connectivity index (χ4v) is 2.45. The highest BCUT2D eigenvalue weighted by Gasteiger charge is 2.12. The smallest absolute Gasteiger partial charge is 0.280 e. The Kier molecular flexibility index (Phi) is 3.73. The molecule has 6 heteroatoms. The molecule has 2 aromatic heterocycles. The first kappa shape index (κ1) is 15.0. The van der Waals surface area contributed by atoms with Crippen LogP contribution in [-0.2, 0) is 6.54 Å². The van der Waals surface area contributed by atoms with Crippen molar-refractivity contribution in [3.8, 4) is 5.69 Å². The van der Waals surface area contributed by atoms with Crippen LogP contribution in [0.15, 0.2) is 52.8 Å². The topological polar surface area (TPSA) is 61.3 Å². The number of hydrogen-bond donors (Lipinski definition) is 0. The summed E-state index contributed by atoms with van der Waals surface area (Å²) in [6.07, 6.45) is 5.50. The molecule has 0 amide bonds. The van der Waals surface area contributed by atoms with E-state index in [1.54, 1.807) is 18.5 Å². The largest absolute Gasteiger partial charge is 0.350 e. The van der Waals surface area contributed by atoms with Gasteiger partial charge < -0.3 is 0 Å². The number of allylic oxidation sites excluding steroid dienone is 1. The van der Waals surface area contributed by atoms with Gasteiger partial charge in [-0.25, -0.2) is 13.9 Å². The van der Waals surface area contributed by atoms with E-state index in [0.29, 0.717) is 13.0 Å². The zero-order chi connectivity index (χ0) is 16.6. The van der Waals surface area contributed by atoms with E-state index in [4.69, 9.17) is 0 Å². The zero-order valence-corrected chi connectivity index (χ0v) is 13.2. The Morgan fingerprint density at radius 3 is 2.65 bits per heavy atom. The third-order valence-corrected chi connectivity index (χ3v) is 3.96. The maximum atomic E-state index is 12.7. The van der Waals surface area contributed by atoms with Crippen molar-refractivity contribution < 1.29 is 0 Å². The van der Waals surface area contributed by atoms with Crippen molar-refractivity contribution in [2.45, 2.75) is 26.8 Å². The van der Waals surface area contributed by atoms with Gasteiger partial charge in [-0.2, -0.15) is 0 Å². The van der Waals surface area contributed by atoms with Crippen LogP contribution in [0.1, 0.15) is 17.5 Å². The second-order valence-corrected chi connectivity index (χ2v) is 5.52. The van der Waals surface area contributed by atoms with E-state index >= 15 is 0 Å². The van der Waals surface area contributed by atoms with Gasteiger partial charge in [-0.05, 0) is 43.5 Å². The van der Waals surface area contributed by atoms with Gasteiger partial charge in [0.1, 0.15) is 0 Å². The predicted octanol–water partition coefficient (Wildman–Crippen LogP) is 1.84. The summed E-state index contributed by atoms with van der Waals surface area (Å²) in [6.45, 7) is 8.06. The highest BCUT2D eigenvalue weighted by atomic mass is 16.2. The summed E-state index contributed by atoms with van der Waals surface area (Å²) in [5, 5.41) is 4.16. The number of rotatable bonds is 4. The summed E-state index contributed by atoms with van der Waals surface area (Å²) in [5.74, 6) is 0. The van der Waals surface area contributed by atoms with Crippen molar-refractivity contribution in [2.24, 2.45) is 0 Å². The number of fused-ring (bicyclic) bond motifs is 1. The molecule has 118 valence electrons. The normalized spacial score (nSPS) is 11.0. The molecule has 23 heavy (non-hydrogen) atoms. The maximum absolute atomic E-state index is 12.7. The lowest BCUT2D eigenvalue weighted by atomic mass is 10.1. The molecule has 6 nitrogen and oxygen atoms in total. The first-order valence-corrected chi connectivity index (χ1v) is 7.42. The third kappa shape index (κ3) is 2.52. The Hall–Kier alpha value is -2.89. The average molecular weight is 310 g/mol. The Bertz CT molecular complexity index is 1010. The summed E-state index contributed by atoms with van der Waals surface area (Å²) in [5.41, 5.74) is 2.51. The molecule has 0 aliphatic heterocycles. The minimum atomic E-state index is -0.315. The van der Waals surface area contributed by atoms with Crippen LogP contribution in [-0.4, -0.2) is 18.7 Å². The molecule has 0 unspecified atom stereocenters. The fourth-order valence-electron chi connectivity index (χ4n) is 2.45. The van der Waals surface area contributed by atoms with Gasteiger partial charge in [-0.15, -0.1) is 11.7 Å². The van der Waals surface area contributed by atoms with Crippen molar-refractivity contribution in [2.75, 3.05) is 0 Å². The SMILES string of the molecule is C=CCCn1nc2c(=O)n(-c3ccc(C)c(C)c3)ccn2c1=O. The van der Waals surface area contributed by atoms with Crippen LogP contribution in [0.2, 0.25) is 0 Å². The first-order chi connectivity index (χ1) is 11.0. The third-order valence-electron chi connectivity index (χ3n) is 3.96. The van der Waals surface area contributed by atoms with E-state index in [1.165, 1.54) is 13.6 Å². The Morgan fingerprint density at radius 1 is 1.17 bits per heavy atom. The standard InChI is InChI=1S/C17H18N4O2/c1-4-5-8-21-17(23)20-10-9-19(16(22)15(20)18-21)14-7-6-12(2)13(3)11-14/h4,6-7,9-11H,1,5,8H2,2-3H3. The van der Waals surface area contributed by atoms with Crippen molar-refractivity contribution in [3.05, 3.63) is 75.2 Å². The van der Waals surface area contributed by atoms with Crippen LogP contribution >= 0.6 is 0 Å². The van der Waals surface area contributed by atoms with E-state index in [-0.39, 0.29) is 16.9 Å². The average Bonchev–Trinajstić information content (AvgIpc) is 2.86. The lowest BCUT2D eigenvalue weighted by Crippen LogP contribution is -2.24. The van der Waals surface area contributed by atoms with E-state index in [0.717, 1.165) is 16.8 Å². The Labute approximate surface area is 132 Å². The summed E-state index contributed by atoms with van der Waals surface area (Å²) < 4.78 is 4.08. The number of hydrogen-bond acceptors (Lipinski definition) is 3. The molecule has 0 saturated heterocycles. The predicted molar refractivity (Wildman–Crippen MR) is 89.3 cm³/mol. The summed E-state index contributed by atoms with van der Waals surface area (Å²) in [7, 11) is 0. The molecule has 1 aromatic carbocycles. The van der Waals surface area contributed by atoms with Gasteiger partial charge in [-0.3, -0.25) is 9.36 Å². The number of aryl methyl sites for hydroxylation is 3. The molecule has 0 aliphatic carbocycles. The van der Waals surface area contributed by atoms with E-state index < -0.39 is 0 Å². The molecular formula is C17H18N4O2. The minimum absolute atomic E-state index is 0.125. The van der Waals surface area contributed by atoms with Crippen LogP contribution < -0.4 is 11.2 Å². The second kappa shape index (κ2) is 5.72. The highest BCUT2D eigenvalue weighted by molar-refractivity contribution is 5.43. The van der Waals surface area contributed by atoms with Gasteiger partial charge in [0.25, 0.3) is 0 Å². The molecule has 0 aliphatic rings. The van der Waals surface area contributed by atoms with Gasteiger partial charge >= 0.3 is 11.2 Å². The zero-order valence-electron chi connectivity index (χ0n) is 13.2. The number of benzene rings is 1. The van der Waals surface area contributed by atoms with Crippen molar-refractivity contribution in [1.29, 1.82) is 0 Å². The molecule has 3 rings (SSSR count). The molecule has 0 bridgehead atoms. The monoisotopic (exact) mass is 310 g/mol. The van der Waals surface area contributed by atoms with Crippen LogP contribution in [0.4, 0.5) is 0 Å². The summed E-state index contributed by atoms with van der Waals surface area (Å²) >= 11 is 0.